The molecule has 0 aliphatic heterocycles. The normalized spacial score (nSPS) is 11.4. The predicted octanol–water partition coefficient (Wildman–Crippen LogP) is 3.18. The maximum absolute atomic E-state index is 4.39. The SMILES string of the molecule is CCc1ccc2c(cnn2C(C)C)c1. The Hall–Kier alpha value is -1.31. The van der Waals surface area contributed by atoms with Crippen molar-refractivity contribution in [3.8, 4) is 0 Å². The lowest BCUT2D eigenvalue weighted by Gasteiger charge is -2.06. The summed E-state index contributed by atoms with van der Waals surface area (Å²) in [6, 6.07) is 7.01. The van der Waals surface area contributed by atoms with Crippen LogP contribution in [0.5, 0.6) is 0 Å². The van der Waals surface area contributed by atoms with Gasteiger partial charge in [0.15, 0.2) is 0 Å². The fraction of sp³-hybridized carbons (Fsp3) is 0.417. The molecular formula is C12H16N2. The topological polar surface area (TPSA) is 17.8 Å². The number of nitrogens with zero attached hydrogens (tertiary/aromatic N) is 2. The molecule has 0 fully saturated rings. The zero-order valence-corrected chi connectivity index (χ0v) is 8.99. The molecule has 2 heteroatoms. The molecule has 14 heavy (non-hydrogen) atoms. The minimum atomic E-state index is 0.431. The fourth-order valence-corrected chi connectivity index (χ4v) is 1.73. The predicted molar refractivity (Wildman–Crippen MR) is 59.5 cm³/mol. The van der Waals surface area contributed by atoms with Crippen molar-refractivity contribution in [1.29, 1.82) is 0 Å². The van der Waals surface area contributed by atoms with E-state index in [1.807, 2.05) is 6.20 Å². The smallest absolute Gasteiger partial charge is 0.0685 e. The molecule has 0 atom stereocenters. The zero-order valence-electron chi connectivity index (χ0n) is 8.99. The third-order valence-corrected chi connectivity index (χ3v) is 2.56. The first-order valence-corrected chi connectivity index (χ1v) is 5.18. The summed E-state index contributed by atoms with van der Waals surface area (Å²) in [5, 5.41) is 5.64. The van der Waals surface area contributed by atoms with Crippen molar-refractivity contribution in [2.24, 2.45) is 0 Å². The van der Waals surface area contributed by atoms with E-state index < -0.39 is 0 Å². The Morgan fingerprint density at radius 2 is 2.14 bits per heavy atom. The molecule has 0 amide bonds. The minimum absolute atomic E-state index is 0.431. The quantitative estimate of drug-likeness (QED) is 0.707. The summed E-state index contributed by atoms with van der Waals surface area (Å²) in [7, 11) is 0. The molecule has 1 aromatic carbocycles. The molecule has 0 spiro atoms. The van der Waals surface area contributed by atoms with Crippen LogP contribution in [0.1, 0.15) is 32.4 Å². The van der Waals surface area contributed by atoms with Crippen LogP contribution >= 0.6 is 0 Å². The van der Waals surface area contributed by atoms with Crippen molar-refractivity contribution >= 4 is 10.9 Å². The highest BCUT2D eigenvalue weighted by Gasteiger charge is 2.05. The zero-order chi connectivity index (χ0) is 10.1. The second-order valence-corrected chi connectivity index (χ2v) is 3.93. The molecule has 2 aromatic rings. The van der Waals surface area contributed by atoms with Crippen LogP contribution in [0.15, 0.2) is 24.4 Å². The van der Waals surface area contributed by atoms with Crippen LogP contribution in [0.25, 0.3) is 10.9 Å². The lowest BCUT2D eigenvalue weighted by molar-refractivity contribution is 0.551. The minimum Gasteiger partial charge on any atom is -0.262 e. The molecule has 2 rings (SSSR count). The molecule has 0 saturated heterocycles. The summed E-state index contributed by atoms with van der Waals surface area (Å²) in [4.78, 5) is 0. The number of hydrogen-bond acceptors (Lipinski definition) is 1. The Balaban J connectivity index is 2.59. The fourth-order valence-electron chi connectivity index (χ4n) is 1.73. The summed E-state index contributed by atoms with van der Waals surface area (Å²) >= 11 is 0. The lowest BCUT2D eigenvalue weighted by atomic mass is 10.1. The average molecular weight is 188 g/mol. The Kier molecular flexibility index (Phi) is 2.28. The van der Waals surface area contributed by atoms with Gasteiger partial charge in [0.05, 0.1) is 11.7 Å². The lowest BCUT2D eigenvalue weighted by Crippen LogP contribution is -2.01. The van der Waals surface area contributed by atoms with Gasteiger partial charge in [-0.15, -0.1) is 0 Å². The van der Waals surface area contributed by atoms with Crippen molar-refractivity contribution < 1.29 is 0 Å². The van der Waals surface area contributed by atoms with Gasteiger partial charge < -0.3 is 0 Å². The van der Waals surface area contributed by atoms with Crippen molar-refractivity contribution in [3.63, 3.8) is 0 Å². The number of aryl methyl sites for hydroxylation is 1. The molecule has 1 aromatic heterocycles. The molecule has 74 valence electrons. The first-order chi connectivity index (χ1) is 6.72. The van der Waals surface area contributed by atoms with Gasteiger partial charge in [-0.3, -0.25) is 4.68 Å². The molecule has 2 nitrogen and oxygen atoms in total. The van der Waals surface area contributed by atoms with E-state index in [2.05, 4.69) is 48.8 Å². The summed E-state index contributed by atoms with van der Waals surface area (Å²) in [6.45, 7) is 6.48. The maximum Gasteiger partial charge on any atom is 0.0685 e. The second kappa shape index (κ2) is 3.45. The van der Waals surface area contributed by atoms with Gasteiger partial charge in [-0.1, -0.05) is 13.0 Å². The van der Waals surface area contributed by atoms with E-state index in [1.54, 1.807) is 0 Å². The number of aromatic nitrogens is 2. The van der Waals surface area contributed by atoms with Crippen LogP contribution in [0.4, 0.5) is 0 Å². The number of benzene rings is 1. The van der Waals surface area contributed by atoms with Crippen molar-refractivity contribution in [2.45, 2.75) is 33.2 Å². The molecule has 0 radical (unpaired) electrons. The van der Waals surface area contributed by atoms with Crippen LogP contribution < -0.4 is 0 Å². The highest BCUT2D eigenvalue weighted by molar-refractivity contribution is 5.79. The second-order valence-electron chi connectivity index (χ2n) is 3.93. The maximum atomic E-state index is 4.39. The Morgan fingerprint density at radius 3 is 2.79 bits per heavy atom. The summed E-state index contributed by atoms with van der Waals surface area (Å²) in [5.74, 6) is 0. The molecule has 0 N–H and O–H groups in total. The van der Waals surface area contributed by atoms with Gasteiger partial charge in [-0.2, -0.15) is 5.10 Å². The van der Waals surface area contributed by atoms with Gasteiger partial charge in [0, 0.05) is 11.4 Å². The van der Waals surface area contributed by atoms with E-state index in [4.69, 9.17) is 0 Å². The molecule has 1 heterocycles. The summed E-state index contributed by atoms with van der Waals surface area (Å²) in [5.41, 5.74) is 2.61. The highest BCUT2D eigenvalue weighted by Crippen LogP contribution is 2.19. The van der Waals surface area contributed by atoms with Gasteiger partial charge in [-0.25, -0.2) is 0 Å². The molecule has 0 aliphatic rings. The summed E-state index contributed by atoms with van der Waals surface area (Å²) in [6.07, 6.45) is 3.04. The van der Waals surface area contributed by atoms with Gasteiger partial charge >= 0.3 is 0 Å². The number of rotatable bonds is 2. The highest BCUT2D eigenvalue weighted by atomic mass is 15.3. The summed E-state index contributed by atoms with van der Waals surface area (Å²) < 4.78 is 2.06. The van der Waals surface area contributed by atoms with Crippen molar-refractivity contribution in [3.05, 3.63) is 30.0 Å². The number of fused-ring (bicyclic) bond motifs is 1. The standard InChI is InChI=1S/C12H16N2/c1-4-10-5-6-12-11(7-10)8-13-14(12)9(2)3/h5-9H,4H2,1-3H3. The van der Waals surface area contributed by atoms with Gasteiger partial charge in [-0.05, 0) is 38.0 Å². The van der Waals surface area contributed by atoms with E-state index in [9.17, 15) is 0 Å². The van der Waals surface area contributed by atoms with Gasteiger partial charge in [0.1, 0.15) is 0 Å². The van der Waals surface area contributed by atoms with E-state index in [0.29, 0.717) is 6.04 Å². The molecule has 0 unspecified atom stereocenters. The molecule has 0 saturated carbocycles. The Bertz CT molecular complexity index is 441. The van der Waals surface area contributed by atoms with Gasteiger partial charge in [0.25, 0.3) is 0 Å². The average Bonchev–Trinajstić information content (AvgIpc) is 2.59. The molecular weight excluding hydrogens is 172 g/mol. The van der Waals surface area contributed by atoms with Crippen LogP contribution in [-0.2, 0) is 6.42 Å². The van der Waals surface area contributed by atoms with Crippen LogP contribution in [0.3, 0.4) is 0 Å². The monoisotopic (exact) mass is 188 g/mol. The molecule has 0 bridgehead atoms. The Labute approximate surface area is 84.5 Å². The largest absolute Gasteiger partial charge is 0.262 e. The van der Waals surface area contributed by atoms with Crippen molar-refractivity contribution in [2.75, 3.05) is 0 Å². The van der Waals surface area contributed by atoms with E-state index in [-0.39, 0.29) is 0 Å². The van der Waals surface area contributed by atoms with Gasteiger partial charge in [0.2, 0.25) is 0 Å². The Morgan fingerprint density at radius 1 is 1.36 bits per heavy atom. The van der Waals surface area contributed by atoms with Crippen LogP contribution in [0.2, 0.25) is 0 Å². The van der Waals surface area contributed by atoms with E-state index >= 15 is 0 Å². The molecule has 0 aliphatic carbocycles. The third kappa shape index (κ3) is 1.41. The van der Waals surface area contributed by atoms with Crippen LogP contribution in [0, 0.1) is 0 Å². The third-order valence-electron chi connectivity index (χ3n) is 2.56. The van der Waals surface area contributed by atoms with Crippen molar-refractivity contribution in [1.82, 2.24) is 9.78 Å². The van der Waals surface area contributed by atoms with E-state index in [1.165, 1.54) is 16.5 Å². The van der Waals surface area contributed by atoms with E-state index in [0.717, 1.165) is 6.42 Å². The van der Waals surface area contributed by atoms with Crippen LogP contribution in [-0.4, -0.2) is 9.78 Å². The first-order valence-electron chi connectivity index (χ1n) is 5.18. The number of hydrogen-bond donors (Lipinski definition) is 0. The first kappa shape index (κ1) is 9.25.